The van der Waals surface area contributed by atoms with Crippen LogP contribution in [0.5, 0.6) is 5.88 Å². The number of hydrogen-bond acceptors (Lipinski definition) is 5. The monoisotopic (exact) mass is 385 g/mol. The van der Waals surface area contributed by atoms with E-state index < -0.39 is 5.82 Å². The Morgan fingerprint density at radius 2 is 2.07 bits per heavy atom. The van der Waals surface area contributed by atoms with Crippen LogP contribution in [0.3, 0.4) is 0 Å². The summed E-state index contributed by atoms with van der Waals surface area (Å²) in [7, 11) is 0. The van der Waals surface area contributed by atoms with Crippen molar-refractivity contribution < 1.29 is 18.7 Å². The molecule has 0 spiro atoms. The highest BCUT2D eigenvalue weighted by Crippen LogP contribution is 2.23. The zero-order chi connectivity index (χ0) is 19.5. The van der Waals surface area contributed by atoms with E-state index in [0.717, 1.165) is 0 Å². The maximum absolute atomic E-state index is 14.0. The number of nitrogens with zero attached hydrogens (tertiary/aromatic N) is 5. The summed E-state index contributed by atoms with van der Waals surface area (Å²) in [6.07, 6.45) is 5.19. The largest absolute Gasteiger partial charge is 0.471 e. The molecule has 1 atom stereocenters. The summed E-state index contributed by atoms with van der Waals surface area (Å²) >= 11 is 0. The molecule has 0 N–H and O–H groups in total. The number of amides is 3. The van der Waals surface area contributed by atoms with E-state index in [1.807, 2.05) is 0 Å². The average molecular weight is 385 g/mol. The van der Waals surface area contributed by atoms with Crippen molar-refractivity contribution in [2.24, 2.45) is 0 Å². The first-order chi connectivity index (χ1) is 13.6. The molecule has 1 aromatic carbocycles. The van der Waals surface area contributed by atoms with Gasteiger partial charge in [0.05, 0.1) is 18.4 Å². The highest BCUT2D eigenvalue weighted by Gasteiger charge is 2.35. The van der Waals surface area contributed by atoms with E-state index in [-0.39, 0.29) is 30.3 Å². The molecule has 146 valence electrons. The van der Waals surface area contributed by atoms with Crippen LogP contribution in [0.1, 0.15) is 6.42 Å². The summed E-state index contributed by atoms with van der Waals surface area (Å²) < 4.78 is 19.7. The van der Waals surface area contributed by atoms with Gasteiger partial charge in [0.25, 0.3) is 0 Å². The number of likely N-dealkylation sites (tertiary alicyclic amines) is 1. The molecule has 1 aromatic heterocycles. The Bertz CT molecular complexity index is 866. The Balaban J connectivity index is 1.32. The van der Waals surface area contributed by atoms with Crippen molar-refractivity contribution in [2.75, 3.05) is 37.6 Å². The molecule has 9 heteroatoms. The molecule has 8 nitrogen and oxygen atoms in total. The molecule has 0 aliphatic carbocycles. The first-order valence-electron chi connectivity index (χ1n) is 9.13. The number of ether oxygens (including phenoxy) is 1. The van der Waals surface area contributed by atoms with E-state index in [2.05, 4.69) is 9.97 Å². The maximum atomic E-state index is 14.0. The molecular formula is C19H20FN5O3. The highest BCUT2D eigenvalue weighted by atomic mass is 19.1. The van der Waals surface area contributed by atoms with Gasteiger partial charge in [-0.25, -0.2) is 14.2 Å². The van der Waals surface area contributed by atoms with Crippen molar-refractivity contribution in [3.8, 4) is 5.88 Å². The molecule has 2 aliphatic heterocycles. The van der Waals surface area contributed by atoms with Crippen LogP contribution in [0.4, 0.5) is 14.9 Å². The number of rotatable bonds is 5. The van der Waals surface area contributed by atoms with Gasteiger partial charge in [-0.3, -0.25) is 14.7 Å². The molecule has 2 aromatic rings. The molecule has 0 bridgehead atoms. The maximum Gasteiger partial charge on any atom is 0.325 e. The summed E-state index contributed by atoms with van der Waals surface area (Å²) in [6.45, 7) is 1.71. The Morgan fingerprint density at radius 3 is 2.86 bits per heavy atom. The van der Waals surface area contributed by atoms with Gasteiger partial charge in [-0.1, -0.05) is 12.1 Å². The van der Waals surface area contributed by atoms with Gasteiger partial charge in [-0.05, 0) is 12.1 Å². The van der Waals surface area contributed by atoms with Crippen molar-refractivity contribution >= 4 is 17.6 Å². The van der Waals surface area contributed by atoms with Crippen molar-refractivity contribution in [2.45, 2.75) is 12.5 Å². The van der Waals surface area contributed by atoms with Gasteiger partial charge in [-0.15, -0.1) is 0 Å². The lowest BCUT2D eigenvalue weighted by atomic mass is 10.3. The molecular weight excluding hydrogens is 365 g/mol. The summed E-state index contributed by atoms with van der Waals surface area (Å²) in [4.78, 5) is 37.7. The molecule has 2 saturated heterocycles. The lowest BCUT2D eigenvalue weighted by Gasteiger charge is -2.22. The molecule has 0 radical (unpaired) electrons. The molecule has 4 rings (SSSR count). The quantitative estimate of drug-likeness (QED) is 0.780. The molecule has 3 amide bonds. The Hall–Kier alpha value is -3.23. The molecule has 0 saturated carbocycles. The molecule has 28 heavy (non-hydrogen) atoms. The third-order valence-corrected chi connectivity index (χ3v) is 4.89. The van der Waals surface area contributed by atoms with Crippen molar-refractivity contribution in [3.05, 3.63) is 48.7 Å². The van der Waals surface area contributed by atoms with E-state index >= 15 is 0 Å². The van der Waals surface area contributed by atoms with Crippen LogP contribution in [-0.2, 0) is 4.79 Å². The third-order valence-electron chi connectivity index (χ3n) is 4.89. The fourth-order valence-corrected chi connectivity index (χ4v) is 3.45. The topological polar surface area (TPSA) is 78.9 Å². The summed E-state index contributed by atoms with van der Waals surface area (Å²) in [5.74, 6) is -0.168. The van der Waals surface area contributed by atoms with Crippen LogP contribution in [0.15, 0.2) is 42.9 Å². The minimum Gasteiger partial charge on any atom is -0.471 e. The predicted octanol–water partition coefficient (Wildman–Crippen LogP) is 1.54. The predicted molar refractivity (Wildman–Crippen MR) is 98.4 cm³/mol. The second-order valence-corrected chi connectivity index (χ2v) is 6.72. The number of hydrogen-bond donors (Lipinski definition) is 0. The minimum atomic E-state index is -0.451. The van der Waals surface area contributed by atoms with Crippen LogP contribution >= 0.6 is 0 Å². The van der Waals surface area contributed by atoms with Crippen LogP contribution < -0.4 is 9.64 Å². The lowest BCUT2D eigenvalue weighted by molar-refractivity contribution is -0.130. The van der Waals surface area contributed by atoms with Gasteiger partial charge in [-0.2, -0.15) is 0 Å². The van der Waals surface area contributed by atoms with Gasteiger partial charge in [0.15, 0.2) is 0 Å². The Labute approximate surface area is 161 Å². The lowest BCUT2D eigenvalue weighted by Crippen LogP contribution is -2.42. The molecule has 2 aliphatic rings. The second kappa shape index (κ2) is 7.79. The molecule has 3 heterocycles. The van der Waals surface area contributed by atoms with Gasteiger partial charge < -0.3 is 14.5 Å². The number of aromatic nitrogens is 2. The number of urea groups is 1. The highest BCUT2D eigenvalue weighted by molar-refractivity contribution is 5.96. The Kier molecular flexibility index (Phi) is 5.05. The third kappa shape index (κ3) is 3.73. The number of carbonyl (C=O) groups is 2. The van der Waals surface area contributed by atoms with Crippen molar-refractivity contribution in [1.82, 2.24) is 19.8 Å². The SMILES string of the molecule is O=C(CN1CCN(c2ccccc2F)C1=O)N1CCC(Oc2cnccn2)C1. The zero-order valence-electron chi connectivity index (χ0n) is 15.2. The summed E-state index contributed by atoms with van der Waals surface area (Å²) in [5.41, 5.74) is 0.237. The van der Waals surface area contributed by atoms with E-state index in [9.17, 15) is 14.0 Å². The summed E-state index contributed by atoms with van der Waals surface area (Å²) in [6, 6.07) is 5.78. The standard InChI is InChI=1S/C19H20FN5O3/c20-15-3-1-2-4-16(15)25-10-9-24(19(25)27)13-18(26)23-8-5-14(12-23)28-17-11-21-6-7-22-17/h1-4,6-7,11,14H,5,8-10,12-13H2. The van der Waals surface area contributed by atoms with Crippen LogP contribution in [0, 0.1) is 5.82 Å². The van der Waals surface area contributed by atoms with E-state index in [0.29, 0.717) is 38.5 Å². The van der Waals surface area contributed by atoms with Crippen LogP contribution in [0.2, 0.25) is 0 Å². The van der Waals surface area contributed by atoms with Gasteiger partial charge in [0, 0.05) is 38.4 Å². The fraction of sp³-hybridized carbons (Fsp3) is 0.368. The minimum absolute atomic E-state index is 0.0261. The van der Waals surface area contributed by atoms with Crippen molar-refractivity contribution in [1.29, 1.82) is 0 Å². The van der Waals surface area contributed by atoms with Gasteiger partial charge >= 0.3 is 6.03 Å². The van der Waals surface area contributed by atoms with Crippen molar-refractivity contribution in [3.63, 3.8) is 0 Å². The van der Waals surface area contributed by atoms with Crippen LogP contribution in [0.25, 0.3) is 0 Å². The fourth-order valence-electron chi connectivity index (χ4n) is 3.45. The molecule has 1 unspecified atom stereocenters. The van der Waals surface area contributed by atoms with E-state index in [4.69, 9.17) is 4.74 Å². The summed E-state index contributed by atoms with van der Waals surface area (Å²) in [5, 5.41) is 0. The number of anilines is 1. The number of benzene rings is 1. The number of halogens is 1. The first-order valence-corrected chi connectivity index (χ1v) is 9.13. The van der Waals surface area contributed by atoms with E-state index in [1.54, 1.807) is 35.5 Å². The van der Waals surface area contributed by atoms with Gasteiger partial charge in [0.2, 0.25) is 11.8 Å². The molecule has 2 fully saturated rings. The smallest absolute Gasteiger partial charge is 0.325 e. The average Bonchev–Trinajstić information content (AvgIpc) is 3.31. The number of carbonyl (C=O) groups excluding carboxylic acids is 2. The van der Waals surface area contributed by atoms with E-state index in [1.165, 1.54) is 22.1 Å². The normalized spacial score (nSPS) is 19.4. The Morgan fingerprint density at radius 1 is 1.21 bits per heavy atom. The van der Waals surface area contributed by atoms with Crippen LogP contribution in [-0.4, -0.2) is 70.5 Å². The second-order valence-electron chi connectivity index (χ2n) is 6.72. The first kappa shape index (κ1) is 18.1. The van der Waals surface area contributed by atoms with Gasteiger partial charge in [0.1, 0.15) is 18.5 Å². The number of para-hydroxylation sites is 1. The zero-order valence-corrected chi connectivity index (χ0v) is 15.2.